The Balaban J connectivity index is 1.69. The number of hydrogen-bond donors (Lipinski definition) is 1. The number of nitrogens with one attached hydrogen (secondary N) is 1. The molecule has 0 saturated carbocycles. The normalized spacial score (nSPS) is 13.9. The first-order valence-corrected chi connectivity index (χ1v) is 12.2. The molecule has 12 heteroatoms. The molecule has 37 heavy (non-hydrogen) atoms. The number of carbonyl (C=O) groups is 4. The highest BCUT2D eigenvalue weighted by Crippen LogP contribution is 2.34. The molecule has 1 saturated heterocycles. The average Bonchev–Trinajstić information content (AvgIpc) is 3.14. The summed E-state index contributed by atoms with van der Waals surface area (Å²) in [4.78, 5) is 51.0. The summed E-state index contributed by atoms with van der Waals surface area (Å²) in [5, 5.41) is 10.8. The zero-order valence-corrected chi connectivity index (χ0v) is 21.5. The molecule has 1 N–H and O–H groups in total. The maximum Gasteiger partial charge on any atom is 0.339 e. The number of rotatable bonds is 10. The van der Waals surface area contributed by atoms with Gasteiger partial charge in [0.15, 0.2) is 18.1 Å². The van der Waals surface area contributed by atoms with Crippen molar-refractivity contribution >= 4 is 58.1 Å². The third-order valence-corrected chi connectivity index (χ3v) is 6.10. The first-order chi connectivity index (χ1) is 17.8. The summed E-state index contributed by atoms with van der Waals surface area (Å²) in [5.74, 6) is -1.19. The highest BCUT2D eigenvalue weighted by atomic mass is 35.5. The van der Waals surface area contributed by atoms with Crippen molar-refractivity contribution in [2.75, 3.05) is 32.2 Å². The van der Waals surface area contributed by atoms with Gasteiger partial charge in [0.1, 0.15) is 12.6 Å². The number of nitriles is 1. The number of imide groups is 1. The lowest BCUT2D eigenvalue weighted by Crippen LogP contribution is -2.36. The number of halogens is 1. The van der Waals surface area contributed by atoms with Crippen LogP contribution in [0.5, 0.6) is 11.5 Å². The smallest absolute Gasteiger partial charge is 0.339 e. The lowest BCUT2D eigenvalue weighted by Gasteiger charge is -2.13. The summed E-state index contributed by atoms with van der Waals surface area (Å²) >= 11 is 6.76. The summed E-state index contributed by atoms with van der Waals surface area (Å²) in [6.07, 6.45) is 2.13. The maximum atomic E-state index is 12.8. The molecule has 3 amide bonds. The Morgan fingerprint density at radius 2 is 1.97 bits per heavy atom. The van der Waals surface area contributed by atoms with Crippen LogP contribution >= 0.6 is 23.4 Å². The van der Waals surface area contributed by atoms with E-state index in [1.165, 1.54) is 31.4 Å². The molecule has 0 bridgehead atoms. The molecule has 0 atom stereocenters. The summed E-state index contributed by atoms with van der Waals surface area (Å²) in [6.45, 7) is 1.40. The number of carbonyl (C=O) groups excluding carboxylic acids is 4. The van der Waals surface area contributed by atoms with Gasteiger partial charge in [0.05, 0.1) is 29.2 Å². The van der Waals surface area contributed by atoms with Crippen molar-refractivity contribution in [1.29, 1.82) is 5.26 Å². The third kappa shape index (κ3) is 7.03. The Kier molecular flexibility index (Phi) is 9.54. The van der Waals surface area contributed by atoms with E-state index >= 15 is 0 Å². The number of amides is 3. The fourth-order valence-electron chi connectivity index (χ4n) is 3.17. The minimum atomic E-state index is -0.639. The summed E-state index contributed by atoms with van der Waals surface area (Å²) < 4.78 is 15.6. The summed E-state index contributed by atoms with van der Waals surface area (Å²) in [5.41, 5.74) is 0.896. The van der Waals surface area contributed by atoms with Crippen LogP contribution in [0.1, 0.15) is 29.3 Å². The molecule has 192 valence electrons. The molecule has 1 heterocycles. The predicted octanol–water partition coefficient (Wildman–Crippen LogP) is 4.49. The van der Waals surface area contributed by atoms with E-state index < -0.39 is 29.6 Å². The topological polar surface area (TPSA) is 135 Å². The number of thioether (sulfide) groups is 1. The minimum Gasteiger partial charge on any atom is -0.493 e. The van der Waals surface area contributed by atoms with Gasteiger partial charge in [0.2, 0.25) is 5.91 Å². The Morgan fingerprint density at radius 1 is 1.19 bits per heavy atom. The van der Waals surface area contributed by atoms with E-state index in [0.29, 0.717) is 35.2 Å². The highest BCUT2D eigenvalue weighted by Gasteiger charge is 2.36. The minimum absolute atomic E-state index is 0.0847. The average molecular weight is 544 g/mol. The van der Waals surface area contributed by atoms with E-state index in [4.69, 9.17) is 31.1 Å². The summed E-state index contributed by atoms with van der Waals surface area (Å²) in [7, 11) is 1.43. The fourth-order valence-corrected chi connectivity index (χ4v) is 4.20. The Hall–Kier alpha value is -4.01. The highest BCUT2D eigenvalue weighted by molar-refractivity contribution is 8.18. The van der Waals surface area contributed by atoms with Crippen molar-refractivity contribution in [1.82, 2.24) is 4.90 Å². The molecule has 1 aliphatic rings. The first kappa shape index (κ1) is 27.6. The molecule has 0 radical (unpaired) electrons. The Labute approximate surface area is 222 Å². The number of anilines is 1. The lowest BCUT2D eigenvalue weighted by molar-refractivity contribution is -0.127. The molecule has 0 aromatic heterocycles. The maximum absolute atomic E-state index is 12.8. The fraction of sp³-hybridized carbons (Fsp3) is 0.240. The molecular formula is C25H22ClN3O7S. The van der Waals surface area contributed by atoms with Gasteiger partial charge in [-0.1, -0.05) is 24.6 Å². The second kappa shape index (κ2) is 12.8. The van der Waals surface area contributed by atoms with Crippen LogP contribution in [0.3, 0.4) is 0 Å². The number of ether oxygens (including phenoxy) is 3. The van der Waals surface area contributed by atoms with Gasteiger partial charge in [-0.3, -0.25) is 19.3 Å². The number of esters is 1. The van der Waals surface area contributed by atoms with E-state index in [9.17, 15) is 19.2 Å². The van der Waals surface area contributed by atoms with Crippen molar-refractivity contribution in [3.05, 3.63) is 57.5 Å². The zero-order valence-electron chi connectivity index (χ0n) is 19.9. The van der Waals surface area contributed by atoms with Crippen LogP contribution in [0.15, 0.2) is 41.3 Å². The molecule has 1 aliphatic heterocycles. The van der Waals surface area contributed by atoms with Crippen LogP contribution in [0.2, 0.25) is 5.02 Å². The van der Waals surface area contributed by atoms with Crippen LogP contribution in [0.25, 0.3) is 6.08 Å². The molecular weight excluding hydrogens is 522 g/mol. The first-order valence-electron chi connectivity index (χ1n) is 11.0. The molecule has 2 aromatic rings. The van der Waals surface area contributed by atoms with Gasteiger partial charge >= 0.3 is 5.97 Å². The number of nitrogens with zero attached hydrogens (tertiary/aromatic N) is 2. The van der Waals surface area contributed by atoms with Crippen LogP contribution in [-0.2, 0) is 14.3 Å². The molecule has 2 aromatic carbocycles. The molecule has 3 rings (SSSR count). The van der Waals surface area contributed by atoms with Crippen molar-refractivity contribution in [3.63, 3.8) is 0 Å². The van der Waals surface area contributed by atoms with Gasteiger partial charge in [0, 0.05) is 5.69 Å². The van der Waals surface area contributed by atoms with E-state index in [1.807, 2.05) is 13.0 Å². The van der Waals surface area contributed by atoms with Gasteiger partial charge in [-0.2, -0.15) is 5.26 Å². The number of methoxy groups -OCH3 is 1. The number of benzene rings is 2. The third-order valence-electron chi connectivity index (χ3n) is 4.86. The Bertz CT molecular complexity index is 1310. The largest absolute Gasteiger partial charge is 0.493 e. The molecule has 0 spiro atoms. The molecule has 1 fully saturated rings. The van der Waals surface area contributed by atoms with Crippen LogP contribution < -0.4 is 14.8 Å². The second-order valence-electron chi connectivity index (χ2n) is 7.50. The van der Waals surface area contributed by atoms with Crippen LogP contribution in [0, 0.1) is 11.3 Å². The van der Waals surface area contributed by atoms with Gasteiger partial charge in [-0.05, 0) is 60.2 Å². The standard InChI is InChI=1S/C25H22ClN3O7S/c1-3-9-36-24(32)17-13-16(5-6-18(17)26)28-22(30)14-29-23(31)21(37-25(29)33)12-15-4-7-19(35-10-8-27)20(11-15)34-2/h4-7,11-13H,3,9-10,14H2,1-2H3,(H,28,30)/b21-12-. The lowest BCUT2D eigenvalue weighted by atomic mass is 10.2. The zero-order chi connectivity index (χ0) is 26.9. The second-order valence-corrected chi connectivity index (χ2v) is 8.90. The SMILES string of the molecule is CCCOC(=O)c1cc(NC(=O)CN2C(=O)S/C(=C\c3ccc(OCC#N)c(OC)c3)C2=O)ccc1Cl. The molecule has 0 aliphatic carbocycles. The van der Waals surface area contributed by atoms with Gasteiger partial charge in [0.25, 0.3) is 11.1 Å². The predicted molar refractivity (Wildman–Crippen MR) is 137 cm³/mol. The van der Waals surface area contributed by atoms with Crippen molar-refractivity contribution in [3.8, 4) is 17.6 Å². The van der Waals surface area contributed by atoms with Crippen molar-refractivity contribution in [2.24, 2.45) is 0 Å². The van der Waals surface area contributed by atoms with Gasteiger partial charge in [-0.25, -0.2) is 4.79 Å². The van der Waals surface area contributed by atoms with E-state index in [0.717, 1.165) is 4.90 Å². The quantitative estimate of drug-likeness (QED) is 0.339. The summed E-state index contributed by atoms with van der Waals surface area (Å²) in [6, 6.07) is 11.0. The van der Waals surface area contributed by atoms with E-state index in [2.05, 4.69) is 5.32 Å². The van der Waals surface area contributed by atoms with Crippen LogP contribution in [-0.4, -0.2) is 54.8 Å². The van der Waals surface area contributed by atoms with Crippen molar-refractivity contribution in [2.45, 2.75) is 13.3 Å². The monoisotopic (exact) mass is 543 g/mol. The van der Waals surface area contributed by atoms with Gasteiger partial charge in [-0.15, -0.1) is 0 Å². The Morgan fingerprint density at radius 3 is 2.68 bits per heavy atom. The van der Waals surface area contributed by atoms with Gasteiger partial charge < -0.3 is 19.5 Å². The molecule has 10 nitrogen and oxygen atoms in total. The number of hydrogen-bond acceptors (Lipinski definition) is 9. The van der Waals surface area contributed by atoms with Crippen LogP contribution in [0.4, 0.5) is 10.5 Å². The van der Waals surface area contributed by atoms with E-state index in [-0.39, 0.29) is 34.4 Å². The van der Waals surface area contributed by atoms with Crippen molar-refractivity contribution < 1.29 is 33.4 Å². The molecule has 0 unspecified atom stereocenters. The van der Waals surface area contributed by atoms with E-state index in [1.54, 1.807) is 18.2 Å².